The van der Waals surface area contributed by atoms with Crippen LogP contribution in [0.1, 0.15) is 46.7 Å². The van der Waals surface area contributed by atoms with Crippen LogP contribution >= 0.6 is 11.3 Å². The second-order valence-corrected chi connectivity index (χ2v) is 6.76. The third-order valence-electron chi connectivity index (χ3n) is 2.67. The molecule has 5 heteroatoms. The lowest BCUT2D eigenvalue weighted by Crippen LogP contribution is -2.35. The van der Waals surface area contributed by atoms with Crippen molar-refractivity contribution >= 4 is 16.5 Å². The molecule has 0 amide bonds. The van der Waals surface area contributed by atoms with E-state index in [4.69, 9.17) is 5.26 Å². The molecule has 1 N–H and O–H groups in total. The zero-order chi connectivity index (χ0) is 14.5. The van der Waals surface area contributed by atoms with Gasteiger partial charge in [-0.3, -0.25) is 0 Å². The Kier molecular flexibility index (Phi) is 5.77. The molecule has 0 fully saturated rings. The number of hydrogen-bond donors (Lipinski definition) is 1. The highest BCUT2D eigenvalue weighted by molar-refractivity contribution is 7.13. The molecule has 0 aromatic carbocycles. The molecular weight excluding hydrogens is 256 g/mol. The van der Waals surface area contributed by atoms with E-state index in [1.165, 1.54) is 0 Å². The molecule has 0 aliphatic carbocycles. The number of hydrogen-bond acceptors (Lipinski definition) is 5. The number of rotatable bonds is 6. The molecule has 106 valence electrons. The molecule has 0 spiro atoms. The van der Waals surface area contributed by atoms with E-state index in [0.29, 0.717) is 12.5 Å². The number of anilines is 1. The zero-order valence-electron chi connectivity index (χ0n) is 12.5. The van der Waals surface area contributed by atoms with Crippen LogP contribution in [0.15, 0.2) is 5.38 Å². The Hall–Kier alpha value is -1.12. The predicted octanol–water partition coefficient (Wildman–Crippen LogP) is 3.16. The molecule has 0 saturated heterocycles. The van der Waals surface area contributed by atoms with E-state index >= 15 is 0 Å². The van der Waals surface area contributed by atoms with E-state index < -0.39 is 0 Å². The van der Waals surface area contributed by atoms with E-state index in [9.17, 15) is 0 Å². The molecular formula is C14H24N4S. The van der Waals surface area contributed by atoms with Crippen LogP contribution in [0.2, 0.25) is 0 Å². The Labute approximate surface area is 120 Å². The lowest BCUT2D eigenvalue weighted by atomic mass is 10.1. The minimum atomic E-state index is 0.0995. The maximum absolute atomic E-state index is 8.72. The Balaban J connectivity index is 2.68. The van der Waals surface area contributed by atoms with E-state index in [0.717, 1.165) is 23.9 Å². The topological polar surface area (TPSA) is 52.0 Å². The fourth-order valence-electron chi connectivity index (χ4n) is 1.61. The van der Waals surface area contributed by atoms with Gasteiger partial charge in [-0.15, -0.1) is 11.3 Å². The molecule has 1 rings (SSSR count). The standard InChI is InChI=1S/C14H24N4S/c1-11(2)18(8-6-7-15)13-17-12(10-19-13)9-16-14(3,4)5/h10-11,16H,6,8-9H2,1-5H3. The molecule has 0 aliphatic heterocycles. The second-order valence-electron chi connectivity index (χ2n) is 5.92. The summed E-state index contributed by atoms with van der Waals surface area (Å²) in [4.78, 5) is 6.85. The average Bonchev–Trinajstić information content (AvgIpc) is 2.74. The van der Waals surface area contributed by atoms with Gasteiger partial charge in [0, 0.05) is 30.1 Å². The minimum absolute atomic E-state index is 0.0995. The van der Waals surface area contributed by atoms with Crippen LogP contribution in [0.5, 0.6) is 0 Å². The molecule has 0 saturated carbocycles. The summed E-state index contributed by atoms with van der Waals surface area (Å²) in [5.74, 6) is 0. The average molecular weight is 280 g/mol. The quantitative estimate of drug-likeness (QED) is 0.869. The van der Waals surface area contributed by atoms with Crippen molar-refractivity contribution in [1.82, 2.24) is 10.3 Å². The normalized spacial score (nSPS) is 11.6. The lowest BCUT2D eigenvalue weighted by Gasteiger charge is -2.25. The van der Waals surface area contributed by atoms with Crippen molar-refractivity contribution in [2.75, 3.05) is 11.4 Å². The summed E-state index contributed by atoms with van der Waals surface area (Å²) in [6.45, 7) is 12.2. The molecule has 1 aromatic rings. The fraction of sp³-hybridized carbons (Fsp3) is 0.714. The van der Waals surface area contributed by atoms with Crippen LogP contribution in [0, 0.1) is 11.3 Å². The van der Waals surface area contributed by atoms with Gasteiger partial charge < -0.3 is 10.2 Å². The number of aromatic nitrogens is 1. The Morgan fingerprint density at radius 2 is 2.16 bits per heavy atom. The van der Waals surface area contributed by atoms with Crippen LogP contribution in [0.4, 0.5) is 5.13 Å². The molecule has 1 aromatic heterocycles. The van der Waals surface area contributed by atoms with Gasteiger partial charge in [0.2, 0.25) is 0 Å². The summed E-state index contributed by atoms with van der Waals surface area (Å²) >= 11 is 1.65. The first-order valence-electron chi connectivity index (χ1n) is 6.66. The molecule has 19 heavy (non-hydrogen) atoms. The van der Waals surface area contributed by atoms with Gasteiger partial charge in [0.25, 0.3) is 0 Å². The summed E-state index contributed by atoms with van der Waals surface area (Å²) in [5.41, 5.74) is 1.17. The number of thiazole rings is 1. The molecule has 1 heterocycles. The smallest absolute Gasteiger partial charge is 0.185 e. The lowest BCUT2D eigenvalue weighted by molar-refractivity contribution is 0.422. The molecule has 0 unspecified atom stereocenters. The van der Waals surface area contributed by atoms with Crippen molar-refractivity contribution in [3.8, 4) is 6.07 Å². The SMILES string of the molecule is CC(C)N(CCC#N)c1nc(CNC(C)(C)C)cs1. The molecule has 0 radical (unpaired) electrons. The third kappa shape index (κ3) is 5.58. The van der Waals surface area contributed by atoms with Gasteiger partial charge in [0.05, 0.1) is 18.2 Å². The van der Waals surface area contributed by atoms with Gasteiger partial charge >= 0.3 is 0 Å². The number of nitrogens with zero attached hydrogens (tertiary/aromatic N) is 3. The first kappa shape index (κ1) is 15.9. The summed E-state index contributed by atoms with van der Waals surface area (Å²) in [5, 5.41) is 15.3. The van der Waals surface area contributed by atoms with E-state index in [-0.39, 0.29) is 5.54 Å². The highest BCUT2D eigenvalue weighted by Gasteiger charge is 2.15. The predicted molar refractivity (Wildman–Crippen MR) is 81.4 cm³/mol. The van der Waals surface area contributed by atoms with Crippen molar-refractivity contribution in [2.24, 2.45) is 0 Å². The van der Waals surface area contributed by atoms with Crippen LogP contribution < -0.4 is 10.2 Å². The molecule has 0 aliphatic rings. The van der Waals surface area contributed by atoms with Gasteiger partial charge in [-0.2, -0.15) is 5.26 Å². The van der Waals surface area contributed by atoms with Crippen LogP contribution in [-0.2, 0) is 6.54 Å². The summed E-state index contributed by atoms with van der Waals surface area (Å²) < 4.78 is 0. The number of nitrogens with one attached hydrogen (secondary N) is 1. The van der Waals surface area contributed by atoms with E-state index in [1.54, 1.807) is 11.3 Å². The summed E-state index contributed by atoms with van der Waals surface area (Å²) in [6.07, 6.45) is 0.535. The highest BCUT2D eigenvalue weighted by atomic mass is 32.1. The monoisotopic (exact) mass is 280 g/mol. The molecule has 0 atom stereocenters. The fourth-order valence-corrected chi connectivity index (χ4v) is 2.60. The van der Waals surface area contributed by atoms with E-state index in [2.05, 4.69) is 61.3 Å². The molecule has 0 bridgehead atoms. The van der Waals surface area contributed by atoms with E-state index in [1.807, 2.05) is 0 Å². The number of nitriles is 1. The largest absolute Gasteiger partial charge is 0.345 e. The van der Waals surface area contributed by atoms with Crippen molar-refractivity contribution in [3.63, 3.8) is 0 Å². The Morgan fingerprint density at radius 1 is 1.47 bits per heavy atom. The van der Waals surface area contributed by atoms with Crippen molar-refractivity contribution in [1.29, 1.82) is 5.26 Å². The van der Waals surface area contributed by atoms with Crippen molar-refractivity contribution < 1.29 is 0 Å². The van der Waals surface area contributed by atoms with Gasteiger partial charge in [0.1, 0.15) is 0 Å². The van der Waals surface area contributed by atoms with Crippen molar-refractivity contribution in [2.45, 2.75) is 59.2 Å². The van der Waals surface area contributed by atoms with Crippen LogP contribution in [-0.4, -0.2) is 23.1 Å². The zero-order valence-corrected chi connectivity index (χ0v) is 13.3. The van der Waals surface area contributed by atoms with Crippen molar-refractivity contribution in [3.05, 3.63) is 11.1 Å². The Bertz CT molecular complexity index is 425. The third-order valence-corrected chi connectivity index (χ3v) is 3.60. The minimum Gasteiger partial charge on any atom is -0.345 e. The second kappa shape index (κ2) is 6.88. The summed E-state index contributed by atoms with van der Waals surface area (Å²) in [7, 11) is 0. The van der Waals surface area contributed by atoms with Gasteiger partial charge in [-0.1, -0.05) is 0 Å². The van der Waals surface area contributed by atoms with Gasteiger partial charge in [-0.25, -0.2) is 4.98 Å². The first-order valence-corrected chi connectivity index (χ1v) is 7.54. The maximum atomic E-state index is 8.72. The maximum Gasteiger partial charge on any atom is 0.185 e. The Morgan fingerprint density at radius 3 is 2.68 bits per heavy atom. The van der Waals surface area contributed by atoms with Crippen LogP contribution in [0.3, 0.4) is 0 Å². The summed E-state index contributed by atoms with van der Waals surface area (Å²) in [6, 6.07) is 2.56. The van der Waals surface area contributed by atoms with Gasteiger partial charge in [0.15, 0.2) is 5.13 Å². The first-order chi connectivity index (χ1) is 8.83. The van der Waals surface area contributed by atoms with Gasteiger partial charge in [-0.05, 0) is 34.6 Å². The highest BCUT2D eigenvalue weighted by Crippen LogP contribution is 2.23. The molecule has 4 nitrogen and oxygen atoms in total. The van der Waals surface area contributed by atoms with Crippen LogP contribution in [0.25, 0.3) is 0 Å².